The van der Waals surface area contributed by atoms with Crippen molar-refractivity contribution >= 4 is 11.8 Å². The Morgan fingerprint density at radius 1 is 1.36 bits per heavy atom. The van der Waals surface area contributed by atoms with Crippen molar-refractivity contribution in [1.82, 2.24) is 19.7 Å². The van der Waals surface area contributed by atoms with Gasteiger partial charge in [0.25, 0.3) is 0 Å². The molecule has 8 nitrogen and oxygen atoms in total. The molecule has 1 fully saturated rings. The number of hydrogen-bond donors (Lipinski definition) is 1. The Hall–Kier alpha value is -2.85. The lowest BCUT2D eigenvalue weighted by Gasteiger charge is -2.38. The maximum Gasteiger partial charge on any atom is 0.435 e. The van der Waals surface area contributed by atoms with Gasteiger partial charge in [0.1, 0.15) is 12.1 Å². The van der Waals surface area contributed by atoms with Crippen LogP contribution >= 0.6 is 0 Å². The van der Waals surface area contributed by atoms with Crippen molar-refractivity contribution in [2.24, 2.45) is 13.0 Å². The minimum Gasteiger partial charge on any atom is -0.481 e. The summed E-state index contributed by atoms with van der Waals surface area (Å²) in [5.74, 6) is -0.681. The largest absolute Gasteiger partial charge is 0.481 e. The fourth-order valence-electron chi connectivity index (χ4n) is 3.30. The number of aromatic nitrogens is 4. The van der Waals surface area contributed by atoms with E-state index in [0.29, 0.717) is 25.2 Å². The Kier molecular flexibility index (Phi) is 5.43. The smallest absolute Gasteiger partial charge is 0.435 e. The molecular formula is C17H20F3N5O3. The molecule has 11 heteroatoms. The maximum atomic E-state index is 12.8. The molecule has 2 atom stereocenters. The van der Waals surface area contributed by atoms with Crippen LogP contribution in [0.2, 0.25) is 0 Å². The van der Waals surface area contributed by atoms with Gasteiger partial charge in [0, 0.05) is 31.8 Å². The molecule has 2 unspecified atom stereocenters. The molecule has 1 aliphatic rings. The van der Waals surface area contributed by atoms with Gasteiger partial charge in [-0.1, -0.05) is 6.92 Å². The third-order valence-electron chi connectivity index (χ3n) is 4.79. The van der Waals surface area contributed by atoms with E-state index < -0.39 is 23.8 Å². The highest BCUT2D eigenvalue weighted by Crippen LogP contribution is 2.33. The molecule has 3 heterocycles. The van der Waals surface area contributed by atoms with E-state index in [1.807, 2.05) is 11.8 Å². The summed E-state index contributed by atoms with van der Waals surface area (Å²) < 4.78 is 44.8. The molecule has 0 amide bonds. The Balaban J connectivity index is 1.79. The van der Waals surface area contributed by atoms with E-state index in [-0.39, 0.29) is 17.8 Å². The van der Waals surface area contributed by atoms with E-state index in [0.717, 1.165) is 17.2 Å². The normalized spacial score (nSPS) is 20.2. The third-order valence-corrected chi connectivity index (χ3v) is 4.79. The Bertz CT molecular complexity index is 855. The van der Waals surface area contributed by atoms with E-state index in [2.05, 4.69) is 15.1 Å². The number of rotatable bonds is 5. The summed E-state index contributed by atoms with van der Waals surface area (Å²) in [5.41, 5.74) is -1.05. The quantitative estimate of drug-likeness (QED) is 0.826. The van der Waals surface area contributed by atoms with Gasteiger partial charge in [0.2, 0.25) is 11.8 Å². The fraction of sp³-hybridized carbons (Fsp3) is 0.529. The van der Waals surface area contributed by atoms with Crippen LogP contribution in [0.15, 0.2) is 18.5 Å². The second-order valence-corrected chi connectivity index (χ2v) is 6.62. The van der Waals surface area contributed by atoms with Gasteiger partial charge in [-0.25, -0.2) is 14.6 Å². The Morgan fingerprint density at radius 2 is 2.11 bits per heavy atom. The number of carboxylic acid groups (broad SMARTS) is 1. The molecule has 0 radical (unpaired) electrons. The fourth-order valence-corrected chi connectivity index (χ4v) is 3.30. The average Bonchev–Trinajstić information content (AvgIpc) is 3.02. The van der Waals surface area contributed by atoms with Gasteiger partial charge in [0.05, 0.1) is 5.92 Å². The van der Waals surface area contributed by atoms with Crippen LogP contribution < -0.4 is 9.64 Å². The van der Waals surface area contributed by atoms with Crippen LogP contribution in [0.3, 0.4) is 0 Å². The van der Waals surface area contributed by atoms with E-state index in [1.165, 1.54) is 19.4 Å². The first-order valence-corrected chi connectivity index (χ1v) is 8.79. The highest BCUT2D eigenvalue weighted by molar-refractivity contribution is 5.70. The highest BCUT2D eigenvalue weighted by Gasteiger charge is 2.35. The molecule has 28 heavy (non-hydrogen) atoms. The monoisotopic (exact) mass is 399 g/mol. The lowest BCUT2D eigenvalue weighted by molar-refractivity contribution is -0.143. The Labute approximate surface area is 159 Å². The van der Waals surface area contributed by atoms with Crippen LogP contribution in [-0.4, -0.2) is 43.4 Å². The van der Waals surface area contributed by atoms with Crippen LogP contribution in [0, 0.1) is 5.92 Å². The molecule has 0 saturated carbocycles. The molecule has 152 valence electrons. The minimum atomic E-state index is -4.57. The first-order valence-electron chi connectivity index (χ1n) is 8.79. The summed E-state index contributed by atoms with van der Waals surface area (Å²) in [6.07, 6.45) is -1.58. The molecule has 1 aliphatic heterocycles. The molecule has 0 spiro atoms. The molecular weight excluding hydrogens is 379 g/mol. The number of carboxylic acids is 1. The van der Waals surface area contributed by atoms with Crippen LogP contribution in [0.4, 0.5) is 19.0 Å². The van der Waals surface area contributed by atoms with Crippen molar-refractivity contribution in [3.8, 4) is 11.8 Å². The highest BCUT2D eigenvalue weighted by atomic mass is 19.4. The molecule has 0 aliphatic carbocycles. The zero-order valence-electron chi connectivity index (χ0n) is 15.3. The maximum absolute atomic E-state index is 12.8. The summed E-state index contributed by atoms with van der Waals surface area (Å²) in [4.78, 5) is 21.4. The molecule has 1 saturated heterocycles. The molecule has 2 aromatic heterocycles. The lowest BCUT2D eigenvalue weighted by atomic mass is 9.89. The van der Waals surface area contributed by atoms with Crippen LogP contribution in [0.1, 0.15) is 31.9 Å². The Morgan fingerprint density at radius 3 is 2.71 bits per heavy atom. The van der Waals surface area contributed by atoms with Crippen molar-refractivity contribution in [3.05, 3.63) is 24.2 Å². The van der Waals surface area contributed by atoms with Crippen molar-refractivity contribution in [2.45, 2.75) is 38.4 Å². The summed E-state index contributed by atoms with van der Waals surface area (Å²) >= 11 is 0. The van der Waals surface area contributed by atoms with Crippen LogP contribution in [0.5, 0.6) is 11.8 Å². The van der Waals surface area contributed by atoms with Crippen LogP contribution in [0.25, 0.3) is 0 Å². The molecule has 3 rings (SSSR count). The number of aryl methyl sites for hydroxylation is 1. The topological polar surface area (TPSA) is 93.4 Å². The number of carbonyl (C=O) groups is 1. The molecule has 2 aromatic rings. The minimum absolute atomic E-state index is 0.00821. The first-order chi connectivity index (χ1) is 13.2. The van der Waals surface area contributed by atoms with Gasteiger partial charge >= 0.3 is 12.1 Å². The number of ether oxygens (including phenoxy) is 1. The molecule has 1 N–H and O–H groups in total. The number of alkyl halides is 3. The van der Waals surface area contributed by atoms with Gasteiger partial charge in [0.15, 0.2) is 5.69 Å². The zero-order chi connectivity index (χ0) is 20.5. The predicted molar refractivity (Wildman–Crippen MR) is 92.1 cm³/mol. The number of piperidine rings is 1. The number of hydrogen-bond acceptors (Lipinski definition) is 6. The number of aliphatic carboxylic acids is 1. The van der Waals surface area contributed by atoms with Gasteiger partial charge in [-0.3, -0.25) is 4.79 Å². The van der Waals surface area contributed by atoms with Crippen molar-refractivity contribution in [2.75, 3.05) is 11.4 Å². The lowest BCUT2D eigenvalue weighted by Crippen LogP contribution is -2.44. The predicted octanol–water partition coefficient (Wildman–Crippen LogP) is 3.10. The summed E-state index contributed by atoms with van der Waals surface area (Å²) in [7, 11) is 1.34. The van der Waals surface area contributed by atoms with Gasteiger partial charge in [-0.15, -0.1) is 0 Å². The first kappa shape index (κ1) is 19.9. The summed E-state index contributed by atoms with van der Waals surface area (Å²) in [6.45, 7) is 2.48. The number of halogens is 3. The number of anilines is 1. The summed E-state index contributed by atoms with van der Waals surface area (Å²) in [6, 6.07) is 2.32. The summed E-state index contributed by atoms with van der Waals surface area (Å²) in [5, 5.41) is 12.6. The van der Waals surface area contributed by atoms with Crippen molar-refractivity contribution in [3.63, 3.8) is 0 Å². The second kappa shape index (κ2) is 7.64. The van der Waals surface area contributed by atoms with E-state index in [1.54, 1.807) is 0 Å². The van der Waals surface area contributed by atoms with Gasteiger partial charge in [-0.05, 0) is 19.3 Å². The van der Waals surface area contributed by atoms with Gasteiger partial charge < -0.3 is 14.7 Å². The van der Waals surface area contributed by atoms with E-state index in [4.69, 9.17) is 4.74 Å². The SMILES string of the molecule is CCC1CC(C(=O)O)CCN1c1cc(Oc2cc(C(F)(F)F)nn2C)ncn1. The molecule has 0 bridgehead atoms. The van der Waals surface area contributed by atoms with Gasteiger partial charge in [-0.2, -0.15) is 18.3 Å². The zero-order valence-corrected chi connectivity index (χ0v) is 15.3. The average molecular weight is 399 g/mol. The molecule has 0 aromatic carbocycles. The second-order valence-electron chi connectivity index (χ2n) is 6.62. The van der Waals surface area contributed by atoms with Crippen LogP contribution in [-0.2, 0) is 18.0 Å². The van der Waals surface area contributed by atoms with E-state index in [9.17, 15) is 23.1 Å². The van der Waals surface area contributed by atoms with Crippen molar-refractivity contribution < 1.29 is 27.8 Å². The van der Waals surface area contributed by atoms with Crippen molar-refractivity contribution in [1.29, 1.82) is 0 Å². The standard InChI is InChI=1S/C17H20F3N5O3/c1-3-11-6-10(16(26)27)4-5-25(11)13-8-14(22-9-21-13)28-15-7-12(17(18,19)20)23-24(15)2/h7-11H,3-6H2,1-2H3,(H,26,27). The third kappa shape index (κ3) is 4.18. The number of nitrogens with zero attached hydrogens (tertiary/aromatic N) is 5. The van der Waals surface area contributed by atoms with E-state index >= 15 is 0 Å².